The lowest BCUT2D eigenvalue weighted by Gasteiger charge is -2.31. The summed E-state index contributed by atoms with van der Waals surface area (Å²) in [6, 6.07) is 15.3. The molecule has 1 amide bonds. The number of benzene rings is 2. The maximum atomic E-state index is 12.6. The van der Waals surface area contributed by atoms with Crippen molar-refractivity contribution in [2.75, 3.05) is 6.54 Å². The van der Waals surface area contributed by atoms with Crippen molar-refractivity contribution in [3.05, 3.63) is 70.2 Å². The Morgan fingerprint density at radius 1 is 1.17 bits per heavy atom. The van der Waals surface area contributed by atoms with Crippen molar-refractivity contribution in [2.45, 2.75) is 25.4 Å². The second kappa shape index (κ2) is 7.82. The summed E-state index contributed by atoms with van der Waals surface area (Å²) in [6.07, 6.45) is 1.36. The highest BCUT2D eigenvalue weighted by Gasteiger charge is 2.25. The van der Waals surface area contributed by atoms with Crippen molar-refractivity contribution in [1.82, 2.24) is 4.90 Å². The van der Waals surface area contributed by atoms with E-state index in [1.165, 1.54) is 0 Å². The molecule has 1 heterocycles. The Bertz CT molecular complexity index is 676. The van der Waals surface area contributed by atoms with Crippen molar-refractivity contribution < 1.29 is 4.79 Å². The van der Waals surface area contributed by atoms with Gasteiger partial charge in [0.25, 0.3) is 0 Å². The van der Waals surface area contributed by atoms with Gasteiger partial charge in [-0.2, -0.15) is 0 Å². The molecule has 2 N–H and O–H groups in total. The smallest absolute Gasteiger partial charge is 0.240 e. The Morgan fingerprint density at radius 3 is 2.65 bits per heavy atom. The Labute approximate surface area is 147 Å². The van der Waals surface area contributed by atoms with Gasteiger partial charge in [0.1, 0.15) is 0 Å². The number of carbonyl (C=O) groups excluding carboxylic acids is 1. The van der Waals surface area contributed by atoms with Crippen LogP contribution in [0, 0.1) is 0 Å². The minimum atomic E-state index is -0.497. The maximum Gasteiger partial charge on any atom is 0.240 e. The normalized spacial score (nSPS) is 14.6. The highest BCUT2D eigenvalue weighted by molar-refractivity contribution is 6.31. The standard InChI is InChI=1S/C18H19ClN2O.ClH/c19-16-8-4-7-14-12-21(10-9-15(14)16)18(22)17(20)11-13-5-2-1-3-6-13;/h1-8,17H,9-12,20H2;1H/t17-;/m0./s1. The Balaban J connectivity index is 0.00000192. The van der Waals surface area contributed by atoms with Crippen LogP contribution in [0.15, 0.2) is 48.5 Å². The molecule has 0 aromatic heterocycles. The first-order valence-corrected chi connectivity index (χ1v) is 7.87. The van der Waals surface area contributed by atoms with E-state index in [-0.39, 0.29) is 18.3 Å². The number of halogens is 2. The van der Waals surface area contributed by atoms with E-state index in [4.69, 9.17) is 17.3 Å². The van der Waals surface area contributed by atoms with Crippen LogP contribution in [0.4, 0.5) is 0 Å². The lowest BCUT2D eigenvalue weighted by atomic mass is 9.98. The molecule has 0 saturated heterocycles. The molecular formula is C18H20Cl2N2O. The number of rotatable bonds is 3. The van der Waals surface area contributed by atoms with Gasteiger partial charge in [-0.3, -0.25) is 4.79 Å². The SMILES string of the molecule is Cl.N[C@@H](Cc1ccccc1)C(=O)N1CCc2c(Cl)cccc2C1. The highest BCUT2D eigenvalue weighted by atomic mass is 35.5. The van der Waals surface area contributed by atoms with Crippen LogP contribution in [0.25, 0.3) is 0 Å². The predicted octanol–water partition coefficient (Wildman–Crippen LogP) is 3.22. The topological polar surface area (TPSA) is 46.3 Å². The lowest BCUT2D eigenvalue weighted by molar-refractivity contribution is -0.133. The first kappa shape index (κ1) is 17.8. The van der Waals surface area contributed by atoms with E-state index >= 15 is 0 Å². The molecule has 0 radical (unpaired) electrons. The molecular weight excluding hydrogens is 331 g/mol. The number of amides is 1. The van der Waals surface area contributed by atoms with Crippen molar-refractivity contribution >= 4 is 29.9 Å². The van der Waals surface area contributed by atoms with Gasteiger partial charge in [-0.1, -0.05) is 54.1 Å². The third kappa shape index (κ3) is 4.05. The van der Waals surface area contributed by atoms with Gasteiger partial charge in [-0.15, -0.1) is 12.4 Å². The van der Waals surface area contributed by atoms with E-state index in [1.54, 1.807) is 0 Å². The fourth-order valence-corrected chi connectivity index (χ4v) is 3.23. The zero-order valence-electron chi connectivity index (χ0n) is 12.7. The molecule has 0 aliphatic carbocycles. The van der Waals surface area contributed by atoms with Gasteiger partial charge in [-0.05, 0) is 35.6 Å². The van der Waals surface area contributed by atoms with Gasteiger partial charge in [0.15, 0.2) is 0 Å². The van der Waals surface area contributed by atoms with Crippen LogP contribution in [-0.2, 0) is 24.2 Å². The zero-order valence-corrected chi connectivity index (χ0v) is 14.3. The summed E-state index contributed by atoms with van der Waals surface area (Å²) in [5, 5.41) is 0.790. The monoisotopic (exact) mass is 350 g/mol. The van der Waals surface area contributed by atoms with Crippen LogP contribution in [-0.4, -0.2) is 23.4 Å². The second-order valence-corrected chi connectivity index (χ2v) is 6.09. The molecule has 1 atom stereocenters. The fourth-order valence-electron chi connectivity index (χ4n) is 2.94. The second-order valence-electron chi connectivity index (χ2n) is 5.68. The van der Waals surface area contributed by atoms with Crippen LogP contribution in [0.1, 0.15) is 16.7 Å². The number of fused-ring (bicyclic) bond motifs is 1. The van der Waals surface area contributed by atoms with Gasteiger partial charge in [0.05, 0.1) is 6.04 Å². The Kier molecular flexibility index (Phi) is 6.05. The summed E-state index contributed by atoms with van der Waals surface area (Å²) in [5.74, 6) is 0.00878. The van der Waals surface area contributed by atoms with Crippen LogP contribution < -0.4 is 5.73 Å². The molecule has 23 heavy (non-hydrogen) atoms. The van der Waals surface area contributed by atoms with Crippen LogP contribution >= 0.6 is 24.0 Å². The number of carbonyl (C=O) groups is 1. The van der Waals surface area contributed by atoms with Crippen LogP contribution in [0.3, 0.4) is 0 Å². The number of hydrogen-bond donors (Lipinski definition) is 1. The van der Waals surface area contributed by atoms with E-state index < -0.39 is 6.04 Å². The Hall–Kier alpha value is -1.55. The van der Waals surface area contributed by atoms with Crippen molar-refractivity contribution in [3.63, 3.8) is 0 Å². The number of nitrogens with zero attached hydrogens (tertiary/aromatic N) is 1. The summed E-state index contributed by atoms with van der Waals surface area (Å²) >= 11 is 6.21. The molecule has 1 aliphatic heterocycles. The lowest BCUT2D eigenvalue weighted by Crippen LogP contribution is -2.46. The summed E-state index contributed by atoms with van der Waals surface area (Å²) in [5.41, 5.74) is 9.48. The molecule has 0 spiro atoms. The summed E-state index contributed by atoms with van der Waals surface area (Å²) in [6.45, 7) is 1.27. The minimum absolute atomic E-state index is 0. The predicted molar refractivity (Wildman–Crippen MR) is 95.9 cm³/mol. The summed E-state index contributed by atoms with van der Waals surface area (Å²) in [4.78, 5) is 14.4. The molecule has 5 heteroatoms. The third-order valence-corrected chi connectivity index (χ3v) is 4.49. The molecule has 1 aliphatic rings. The molecule has 0 bridgehead atoms. The van der Waals surface area contributed by atoms with E-state index in [1.807, 2.05) is 53.4 Å². The molecule has 3 nitrogen and oxygen atoms in total. The van der Waals surface area contributed by atoms with Gasteiger partial charge in [0, 0.05) is 18.1 Å². The first-order valence-electron chi connectivity index (χ1n) is 7.49. The number of nitrogens with two attached hydrogens (primary N) is 1. The van der Waals surface area contributed by atoms with Gasteiger partial charge >= 0.3 is 0 Å². The van der Waals surface area contributed by atoms with E-state index in [0.717, 1.165) is 28.1 Å². The van der Waals surface area contributed by atoms with Crippen LogP contribution in [0.2, 0.25) is 5.02 Å². The average molecular weight is 351 g/mol. The van der Waals surface area contributed by atoms with Gasteiger partial charge in [0.2, 0.25) is 5.91 Å². The van der Waals surface area contributed by atoms with Gasteiger partial charge < -0.3 is 10.6 Å². The molecule has 3 rings (SSSR count). The van der Waals surface area contributed by atoms with Crippen molar-refractivity contribution in [3.8, 4) is 0 Å². The molecule has 122 valence electrons. The highest BCUT2D eigenvalue weighted by Crippen LogP contribution is 2.26. The van der Waals surface area contributed by atoms with E-state index in [2.05, 4.69) is 0 Å². The Morgan fingerprint density at radius 2 is 1.91 bits per heavy atom. The van der Waals surface area contributed by atoms with Crippen LogP contribution in [0.5, 0.6) is 0 Å². The van der Waals surface area contributed by atoms with Gasteiger partial charge in [-0.25, -0.2) is 0 Å². The molecule has 2 aromatic carbocycles. The molecule has 0 unspecified atom stereocenters. The quantitative estimate of drug-likeness (QED) is 0.923. The summed E-state index contributed by atoms with van der Waals surface area (Å²) in [7, 11) is 0. The van der Waals surface area contributed by atoms with Crippen molar-refractivity contribution in [2.24, 2.45) is 5.73 Å². The minimum Gasteiger partial charge on any atom is -0.337 e. The molecule has 2 aromatic rings. The molecule has 0 fully saturated rings. The van der Waals surface area contributed by atoms with E-state index in [0.29, 0.717) is 19.5 Å². The summed E-state index contributed by atoms with van der Waals surface area (Å²) < 4.78 is 0. The fraction of sp³-hybridized carbons (Fsp3) is 0.278. The maximum absolute atomic E-state index is 12.6. The molecule has 0 saturated carbocycles. The van der Waals surface area contributed by atoms with E-state index in [9.17, 15) is 4.79 Å². The van der Waals surface area contributed by atoms with Crippen molar-refractivity contribution in [1.29, 1.82) is 0 Å². The number of hydrogen-bond acceptors (Lipinski definition) is 2. The first-order chi connectivity index (χ1) is 10.6. The zero-order chi connectivity index (χ0) is 15.5. The largest absolute Gasteiger partial charge is 0.337 e. The average Bonchev–Trinajstić information content (AvgIpc) is 2.55. The third-order valence-electron chi connectivity index (χ3n) is 4.14.